The molecule has 1 aromatic rings. The minimum atomic E-state index is -1.70. The van der Waals surface area contributed by atoms with Crippen LogP contribution in [0.15, 0.2) is 12.1 Å². The first kappa shape index (κ1) is 17.2. The lowest BCUT2D eigenvalue weighted by Gasteiger charge is -2.65. The Morgan fingerprint density at radius 1 is 1.29 bits per heavy atom. The number of phenolic OH excluding ortho intramolecular Hbond substituents is 1. The predicted octanol–water partition coefficient (Wildman–Crippen LogP) is -0.388. The Hall–Kier alpha value is -1.67. The van der Waals surface area contributed by atoms with Crippen LogP contribution in [0.3, 0.4) is 0 Å². The van der Waals surface area contributed by atoms with Crippen LogP contribution in [0.25, 0.3) is 0 Å². The van der Waals surface area contributed by atoms with Crippen LogP contribution in [0.2, 0.25) is 0 Å². The Labute approximate surface area is 162 Å². The van der Waals surface area contributed by atoms with E-state index >= 15 is 0 Å². The van der Waals surface area contributed by atoms with E-state index in [9.17, 15) is 25.2 Å². The van der Waals surface area contributed by atoms with Gasteiger partial charge in [-0.2, -0.15) is 0 Å². The van der Waals surface area contributed by atoms with Crippen molar-refractivity contribution in [2.24, 2.45) is 5.92 Å². The van der Waals surface area contributed by atoms with Gasteiger partial charge < -0.3 is 29.6 Å². The SMILES string of the molecule is C[N@+]1(CC2CC2)CC[C@]23c4c5ccc(O)c4O[C@H]2C(=O)C(O)C(O)[C@@]3(O)[C@H]1C5. The van der Waals surface area contributed by atoms with Crippen molar-refractivity contribution in [3.63, 3.8) is 0 Å². The van der Waals surface area contributed by atoms with Crippen LogP contribution >= 0.6 is 0 Å². The van der Waals surface area contributed by atoms with E-state index in [2.05, 4.69) is 7.05 Å². The van der Waals surface area contributed by atoms with Gasteiger partial charge in [0, 0.05) is 24.3 Å². The van der Waals surface area contributed by atoms with Gasteiger partial charge in [0.15, 0.2) is 23.2 Å². The molecular formula is C21H26NO6+. The van der Waals surface area contributed by atoms with Crippen LogP contribution in [-0.2, 0) is 16.6 Å². The average molecular weight is 388 g/mol. The molecule has 2 aliphatic heterocycles. The van der Waals surface area contributed by atoms with Crippen molar-refractivity contribution in [1.29, 1.82) is 0 Å². The molecule has 0 aromatic heterocycles. The van der Waals surface area contributed by atoms with Crippen LogP contribution in [-0.4, -0.2) is 80.8 Å². The second-order valence-electron chi connectivity index (χ2n) is 9.83. The molecule has 2 saturated carbocycles. The number of Topliss-reactive ketones (excluding diaryl/α,β-unsaturated/α-hetero) is 1. The van der Waals surface area contributed by atoms with Crippen LogP contribution in [0.5, 0.6) is 11.5 Å². The molecule has 28 heavy (non-hydrogen) atoms. The van der Waals surface area contributed by atoms with Crippen LogP contribution in [0, 0.1) is 5.92 Å². The summed E-state index contributed by atoms with van der Waals surface area (Å²) in [5.74, 6) is 0.174. The zero-order valence-corrected chi connectivity index (χ0v) is 15.8. The summed E-state index contributed by atoms with van der Waals surface area (Å²) in [5, 5.41) is 44.2. The monoisotopic (exact) mass is 388 g/mol. The molecule has 0 amide bonds. The lowest BCUT2D eigenvalue weighted by molar-refractivity contribution is -0.951. The number of carbonyl (C=O) groups excluding carboxylic acids is 1. The molecule has 7 heteroatoms. The normalized spacial score (nSPS) is 48.2. The summed E-state index contributed by atoms with van der Waals surface area (Å²) in [6.45, 7) is 1.68. The zero-order valence-electron chi connectivity index (χ0n) is 15.8. The number of hydrogen-bond donors (Lipinski definition) is 4. The Morgan fingerprint density at radius 3 is 2.75 bits per heavy atom. The number of hydrogen-bond acceptors (Lipinski definition) is 6. The maximum absolute atomic E-state index is 12.9. The molecular weight excluding hydrogens is 362 g/mol. The first-order chi connectivity index (χ1) is 13.2. The van der Waals surface area contributed by atoms with Gasteiger partial charge in [-0.15, -0.1) is 0 Å². The smallest absolute Gasteiger partial charge is 0.205 e. The summed E-state index contributed by atoms with van der Waals surface area (Å²) in [6.07, 6.45) is -1.01. The molecule has 6 rings (SSSR count). The summed E-state index contributed by atoms with van der Waals surface area (Å²) in [7, 11) is 2.13. The highest BCUT2D eigenvalue weighted by atomic mass is 16.5. The quantitative estimate of drug-likeness (QED) is 0.514. The maximum atomic E-state index is 12.9. The number of carbonyl (C=O) groups is 1. The molecule has 2 heterocycles. The van der Waals surface area contributed by atoms with Crippen molar-refractivity contribution in [2.45, 2.75) is 61.1 Å². The largest absolute Gasteiger partial charge is 0.504 e. The number of ether oxygens (including phenoxy) is 1. The van der Waals surface area contributed by atoms with Gasteiger partial charge in [-0.3, -0.25) is 4.79 Å². The summed E-state index contributed by atoms with van der Waals surface area (Å²) in [5.41, 5.74) is -1.20. The Balaban J connectivity index is 1.64. The van der Waals surface area contributed by atoms with Gasteiger partial charge in [-0.25, -0.2) is 0 Å². The van der Waals surface area contributed by atoms with Gasteiger partial charge in [-0.1, -0.05) is 6.07 Å². The molecule has 7 nitrogen and oxygen atoms in total. The first-order valence-corrected chi connectivity index (χ1v) is 10.2. The average Bonchev–Trinajstić information content (AvgIpc) is 3.39. The van der Waals surface area contributed by atoms with Crippen molar-refractivity contribution < 1.29 is 34.4 Å². The van der Waals surface area contributed by atoms with Gasteiger partial charge in [-0.05, 0) is 24.5 Å². The summed E-state index contributed by atoms with van der Waals surface area (Å²) < 4.78 is 6.54. The topological polar surface area (TPSA) is 107 Å². The van der Waals surface area contributed by atoms with Crippen LogP contribution in [0.1, 0.15) is 30.4 Å². The van der Waals surface area contributed by atoms with Gasteiger partial charge in [0.2, 0.25) is 5.78 Å². The minimum absolute atomic E-state index is 0.0686. The molecule has 1 aromatic carbocycles. The lowest BCUT2D eigenvalue weighted by atomic mass is 9.47. The molecule has 3 fully saturated rings. The van der Waals surface area contributed by atoms with E-state index in [1.165, 1.54) is 12.8 Å². The molecule has 1 spiro atoms. The van der Waals surface area contributed by atoms with Gasteiger partial charge in [0.1, 0.15) is 18.2 Å². The first-order valence-electron chi connectivity index (χ1n) is 10.2. The molecule has 4 N–H and O–H groups in total. The zero-order chi connectivity index (χ0) is 19.6. The van der Waals surface area contributed by atoms with E-state index in [0.29, 0.717) is 28.8 Å². The van der Waals surface area contributed by atoms with E-state index in [4.69, 9.17) is 4.74 Å². The molecule has 0 radical (unpaired) electrons. The third-order valence-corrected chi connectivity index (χ3v) is 8.43. The van der Waals surface area contributed by atoms with Crippen molar-refractivity contribution in [2.75, 3.05) is 20.1 Å². The van der Waals surface area contributed by atoms with Crippen LogP contribution in [0.4, 0.5) is 0 Å². The number of ketones is 1. The molecule has 7 atom stereocenters. The van der Waals surface area contributed by atoms with Gasteiger partial charge in [0.25, 0.3) is 0 Å². The summed E-state index contributed by atoms with van der Waals surface area (Å²) >= 11 is 0. The molecule has 150 valence electrons. The molecule has 2 unspecified atom stereocenters. The highest BCUT2D eigenvalue weighted by molar-refractivity contribution is 5.94. The number of aliphatic hydroxyl groups is 3. The van der Waals surface area contributed by atoms with E-state index in [0.717, 1.165) is 18.7 Å². The number of nitrogens with zero attached hydrogens (tertiary/aromatic N) is 1. The minimum Gasteiger partial charge on any atom is -0.504 e. The Bertz CT molecular complexity index is 914. The number of aromatic hydroxyl groups is 1. The number of aliphatic hydroxyl groups excluding tert-OH is 2. The molecule has 2 bridgehead atoms. The third-order valence-electron chi connectivity index (χ3n) is 8.43. The molecule has 3 aliphatic carbocycles. The number of piperidine rings is 1. The third kappa shape index (κ3) is 1.66. The number of likely N-dealkylation sites (N-methyl/N-ethyl adjacent to an activating group) is 1. The fourth-order valence-electron chi connectivity index (χ4n) is 6.97. The molecule has 5 aliphatic rings. The Kier molecular flexibility index (Phi) is 3.01. The predicted molar refractivity (Wildman–Crippen MR) is 96.9 cm³/mol. The highest BCUT2D eigenvalue weighted by Crippen LogP contribution is 2.65. The summed E-state index contributed by atoms with van der Waals surface area (Å²) in [4.78, 5) is 12.9. The highest BCUT2D eigenvalue weighted by Gasteiger charge is 2.81. The van der Waals surface area contributed by atoms with Crippen molar-refractivity contribution in [3.05, 3.63) is 23.3 Å². The fourth-order valence-corrected chi connectivity index (χ4v) is 6.97. The number of quaternary nitrogens is 1. The van der Waals surface area contributed by atoms with Crippen molar-refractivity contribution >= 4 is 5.78 Å². The van der Waals surface area contributed by atoms with Gasteiger partial charge in [0.05, 0.1) is 25.6 Å². The number of rotatable bonds is 2. The standard InChI is InChI=1S/C21H25NO6/c1-22(9-10-2-3-10)7-6-20-14-11-4-5-12(23)17(14)28-19(20)16(25)15(24)18(26)21(20,27)13(22)8-11/h4-5,10,13,15,18-19,24,26-27H,2-3,6-9H2,1H3/p+1/t13-,15?,18?,19+,20+,21+,22-/m1/s1. The van der Waals surface area contributed by atoms with Crippen molar-refractivity contribution in [3.8, 4) is 11.5 Å². The number of benzene rings is 1. The summed E-state index contributed by atoms with van der Waals surface area (Å²) in [6, 6.07) is 3.07. The van der Waals surface area contributed by atoms with Crippen molar-refractivity contribution in [1.82, 2.24) is 0 Å². The number of likely N-dealkylation sites (tertiary alicyclic amines) is 1. The molecule has 1 saturated heterocycles. The van der Waals surface area contributed by atoms with Crippen LogP contribution < -0.4 is 4.74 Å². The van der Waals surface area contributed by atoms with E-state index in [1.807, 2.05) is 6.07 Å². The Morgan fingerprint density at radius 2 is 2.04 bits per heavy atom. The second-order valence-corrected chi connectivity index (χ2v) is 9.83. The maximum Gasteiger partial charge on any atom is 0.205 e. The van der Waals surface area contributed by atoms with E-state index < -0.39 is 35.1 Å². The number of phenols is 1. The lowest BCUT2D eigenvalue weighted by Crippen LogP contribution is -2.86. The fraction of sp³-hybridized carbons (Fsp3) is 0.667. The van der Waals surface area contributed by atoms with Gasteiger partial charge >= 0.3 is 0 Å². The second kappa shape index (κ2) is 4.90. The van der Waals surface area contributed by atoms with E-state index in [1.54, 1.807) is 6.07 Å². The van der Waals surface area contributed by atoms with E-state index in [-0.39, 0.29) is 17.5 Å².